The second kappa shape index (κ2) is 5.93. The summed E-state index contributed by atoms with van der Waals surface area (Å²) in [6, 6.07) is 5.74. The number of hydrogen-bond donors (Lipinski definition) is 2. The van der Waals surface area contributed by atoms with Crippen molar-refractivity contribution in [3.05, 3.63) is 36.4 Å². The van der Waals surface area contributed by atoms with Crippen LogP contribution in [0.2, 0.25) is 0 Å². The highest BCUT2D eigenvalue weighted by atomic mass is 16.5. The van der Waals surface area contributed by atoms with Gasteiger partial charge in [-0.3, -0.25) is 9.88 Å². The van der Waals surface area contributed by atoms with Gasteiger partial charge >= 0.3 is 0 Å². The SMILES string of the molecule is CN(Cc1cc(-c2cccnc2)no1)CC1(O)CCNC1. The zero-order valence-electron chi connectivity index (χ0n) is 12.1. The molecule has 0 aromatic carbocycles. The molecule has 1 aliphatic rings. The lowest BCUT2D eigenvalue weighted by molar-refractivity contribution is 0.0244. The van der Waals surface area contributed by atoms with E-state index < -0.39 is 5.60 Å². The van der Waals surface area contributed by atoms with Crippen LogP contribution in [0.25, 0.3) is 11.3 Å². The molecule has 1 atom stereocenters. The second-order valence-corrected chi connectivity index (χ2v) is 5.74. The fourth-order valence-corrected chi connectivity index (χ4v) is 2.73. The number of rotatable bonds is 5. The summed E-state index contributed by atoms with van der Waals surface area (Å²) < 4.78 is 5.37. The summed E-state index contributed by atoms with van der Waals surface area (Å²) in [7, 11) is 1.97. The van der Waals surface area contributed by atoms with E-state index in [0.29, 0.717) is 19.6 Å². The molecule has 6 nitrogen and oxygen atoms in total. The number of hydrogen-bond acceptors (Lipinski definition) is 6. The quantitative estimate of drug-likeness (QED) is 0.851. The molecule has 0 saturated carbocycles. The topological polar surface area (TPSA) is 74.4 Å². The van der Waals surface area contributed by atoms with E-state index in [1.165, 1.54) is 0 Å². The number of nitrogens with zero attached hydrogens (tertiary/aromatic N) is 3. The molecule has 21 heavy (non-hydrogen) atoms. The first-order chi connectivity index (χ1) is 10.1. The molecule has 0 amide bonds. The monoisotopic (exact) mass is 288 g/mol. The lowest BCUT2D eigenvalue weighted by Crippen LogP contribution is -2.42. The smallest absolute Gasteiger partial charge is 0.151 e. The molecule has 6 heteroatoms. The van der Waals surface area contributed by atoms with E-state index in [2.05, 4.69) is 20.4 Å². The molecule has 0 bridgehead atoms. The predicted molar refractivity (Wildman–Crippen MR) is 78.5 cm³/mol. The maximum absolute atomic E-state index is 10.4. The highest BCUT2D eigenvalue weighted by molar-refractivity contribution is 5.57. The number of β-amino-alcohol motifs (C(OH)–C–C–N with tert-alkyl or cyclic N) is 1. The molecule has 2 N–H and O–H groups in total. The highest BCUT2D eigenvalue weighted by Crippen LogP contribution is 2.20. The zero-order chi connectivity index (χ0) is 14.7. The Balaban J connectivity index is 1.62. The Morgan fingerprint density at radius 2 is 2.43 bits per heavy atom. The summed E-state index contributed by atoms with van der Waals surface area (Å²) in [5, 5.41) is 17.6. The third kappa shape index (κ3) is 3.47. The van der Waals surface area contributed by atoms with Crippen molar-refractivity contribution < 1.29 is 9.63 Å². The molecule has 2 aromatic heterocycles. The summed E-state index contributed by atoms with van der Waals surface area (Å²) in [5.41, 5.74) is 1.09. The van der Waals surface area contributed by atoms with Crippen LogP contribution in [0.1, 0.15) is 12.2 Å². The van der Waals surface area contributed by atoms with Gasteiger partial charge in [0.1, 0.15) is 5.69 Å². The first kappa shape index (κ1) is 14.2. The van der Waals surface area contributed by atoms with Crippen molar-refractivity contribution in [2.45, 2.75) is 18.6 Å². The molecule has 2 aromatic rings. The minimum absolute atomic E-state index is 0.614. The minimum atomic E-state index is -0.638. The van der Waals surface area contributed by atoms with Crippen molar-refractivity contribution in [1.82, 2.24) is 20.4 Å². The van der Waals surface area contributed by atoms with Crippen LogP contribution in [-0.2, 0) is 6.54 Å². The van der Waals surface area contributed by atoms with Crippen LogP contribution >= 0.6 is 0 Å². The van der Waals surface area contributed by atoms with Gasteiger partial charge in [0, 0.05) is 37.1 Å². The van der Waals surface area contributed by atoms with Gasteiger partial charge in [-0.1, -0.05) is 5.16 Å². The molecule has 3 heterocycles. The Morgan fingerprint density at radius 3 is 3.14 bits per heavy atom. The van der Waals surface area contributed by atoms with Crippen molar-refractivity contribution in [2.24, 2.45) is 0 Å². The number of likely N-dealkylation sites (N-methyl/N-ethyl adjacent to an activating group) is 1. The fraction of sp³-hybridized carbons (Fsp3) is 0.467. The van der Waals surface area contributed by atoms with Crippen LogP contribution in [-0.4, -0.2) is 52.4 Å². The van der Waals surface area contributed by atoms with E-state index in [1.807, 2.05) is 25.2 Å². The van der Waals surface area contributed by atoms with Crippen molar-refractivity contribution in [3.63, 3.8) is 0 Å². The van der Waals surface area contributed by atoms with Gasteiger partial charge in [-0.25, -0.2) is 0 Å². The van der Waals surface area contributed by atoms with Gasteiger partial charge in [0.2, 0.25) is 0 Å². The fourth-order valence-electron chi connectivity index (χ4n) is 2.73. The van der Waals surface area contributed by atoms with Crippen molar-refractivity contribution in [2.75, 3.05) is 26.7 Å². The molecule has 0 radical (unpaired) electrons. The lowest BCUT2D eigenvalue weighted by Gasteiger charge is -2.27. The molecule has 1 saturated heterocycles. The van der Waals surface area contributed by atoms with Gasteiger partial charge < -0.3 is 14.9 Å². The Labute approximate surface area is 123 Å². The summed E-state index contributed by atoms with van der Waals surface area (Å²) in [6.07, 6.45) is 4.28. The number of pyridine rings is 1. The van der Waals surface area contributed by atoms with Crippen LogP contribution in [0.4, 0.5) is 0 Å². The highest BCUT2D eigenvalue weighted by Gasteiger charge is 2.32. The van der Waals surface area contributed by atoms with E-state index in [-0.39, 0.29) is 0 Å². The van der Waals surface area contributed by atoms with Gasteiger partial charge in [-0.15, -0.1) is 0 Å². The average Bonchev–Trinajstić information content (AvgIpc) is 3.09. The normalized spacial score (nSPS) is 22.0. The van der Waals surface area contributed by atoms with E-state index in [1.54, 1.807) is 12.4 Å². The Bertz CT molecular complexity index is 578. The standard InChI is InChI=1S/C15H20N4O2/c1-19(11-15(20)4-6-17-10-15)9-13-7-14(18-21-13)12-3-2-5-16-8-12/h2-3,5,7-8,17,20H,4,6,9-11H2,1H3. The summed E-state index contributed by atoms with van der Waals surface area (Å²) in [6.45, 7) is 2.75. The molecule has 1 unspecified atom stereocenters. The summed E-state index contributed by atoms with van der Waals surface area (Å²) in [5.74, 6) is 0.783. The molecular weight excluding hydrogens is 268 g/mol. The van der Waals surface area contributed by atoms with Gasteiger partial charge in [-0.05, 0) is 32.1 Å². The van der Waals surface area contributed by atoms with Crippen molar-refractivity contribution in [1.29, 1.82) is 0 Å². The van der Waals surface area contributed by atoms with Crippen molar-refractivity contribution >= 4 is 0 Å². The molecule has 0 spiro atoms. The van der Waals surface area contributed by atoms with E-state index in [4.69, 9.17) is 4.52 Å². The summed E-state index contributed by atoms with van der Waals surface area (Å²) in [4.78, 5) is 6.13. The van der Waals surface area contributed by atoms with Crippen LogP contribution in [0.15, 0.2) is 35.1 Å². The Morgan fingerprint density at radius 1 is 1.52 bits per heavy atom. The number of aliphatic hydroxyl groups is 1. The van der Waals surface area contributed by atoms with Gasteiger partial charge in [0.25, 0.3) is 0 Å². The maximum Gasteiger partial charge on any atom is 0.151 e. The minimum Gasteiger partial charge on any atom is -0.387 e. The Kier molecular flexibility index (Phi) is 4.01. The Hall–Kier alpha value is -1.76. The van der Waals surface area contributed by atoms with Gasteiger partial charge in [0.05, 0.1) is 12.1 Å². The molecule has 3 rings (SSSR count). The van der Waals surface area contributed by atoms with Crippen LogP contribution in [0, 0.1) is 0 Å². The van der Waals surface area contributed by atoms with E-state index in [9.17, 15) is 5.11 Å². The largest absolute Gasteiger partial charge is 0.387 e. The van der Waals surface area contributed by atoms with Crippen molar-refractivity contribution in [3.8, 4) is 11.3 Å². The molecular formula is C15H20N4O2. The van der Waals surface area contributed by atoms with Crippen LogP contribution in [0.3, 0.4) is 0 Å². The van der Waals surface area contributed by atoms with Crippen LogP contribution < -0.4 is 5.32 Å². The molecule has 1 aliphatic heterocycles. The van der Waals surface area contributed by atoms with Crippen LogP contribution in [0.5, 0.6) is 0 Å². The van der Waals surface area contributed by atoms with Gasteiger partial charge in [0.15, 0.2) is 5.76 Å². The molecule has 0 aliphatic carbocycles. The van der Waals surface area contributed by atoms with E-state index in [0.717, 1.165) is 30.0 Å². The number of nitrogens with one attached hydrogen (secondary N) is 1. The van der Waals surface area contributed by atoms with Gasteiger partial charge in [-0.2, -0.15) is 0 Å². The summed E-state index contributed by atoms with van der Waals surface area (Å²) >= 11 is 0. The molecule has 112 valence electrons. The third-order valence-electron chi connectivity index (χ3n) is 3.73. The zero-order valence-corrected chi connectivity index (χ0v) is 12.1. The predicted octanol–water partition coefficient (Wildman–Crippen LogP) is 0.893. The number of aromatic nitrogens is 2. The third-order valence-corrected chi connectivity index (χ3v) is 3.73. The molecule has 1 fully saturated rings. The lowest BCUT2D eigenvalue weighted by atomic mass is 10.0. The van der Waals surface area contributed by atoms with E-state index >= 15 is 0 Å². The maximum atomic E-state index is 10.4. The second-order valence-electron chi connectivity index (χ2n) is 5.74. The first-order valence-electron chi connectivity index (χ1n) is 7.12. The average molecular weight is 288 g/mol. The first-order valence-corrected chi connectivity index (χ1v) is 7.12.